The van der Waals surface area contributed by atoms with E-state index in [0.29, 0.717) is 12.6 Å². The number of likely N-dealkylation sites (N-methyl/N-ethyl adjacent to an activating group) is 1. The molecule has 1 aromatic rings. The number of hydrogen-bond acceptors (Lipinski definition) is 3. The summed E-state index contributed by atoms with van der Waals surface area (Å²) >= 11 is 0. The summed E-state index contributed by atoms with van der Waals surface area (Å²) in [5, 5.41) is 3.16. The Morgan fingerprint density at radius 3 is 3.00 bits per heavy atom. The number of rotatable bonds is 5. The number of methoxy groups -OCH3 is 1. The van der Waals surface area contributed by atoms with Gasteiger partial charge in [-0.05, 0) is 37.6 Å². The van der Waals surface area contributed by atoms with E-state index >= 15 is 0 Å². The van der Waals surface area contributed by atoms with Gasteiger partial charge in [-0.3, -0.25) is 4.79 Å². The van der Waals surface area contributed by atoms with Crippen LogP contribution >= 0.6 is 12.4 Å². The fourth-order valence-electron chi connectivity index (χ4n) is 2.68. The molecule has 1 saturated heterocycles. The first-order valence-electron chi connectivity index (χ1n) is 6.79. The third kappa shape index (κ3) is 3.95. The van der Waals surface area contributed by atoms with E-state index < -0.39 is 0 Å². The summed E-state index contributed by atoms with van der Waals surface area (Å²) in [6.45, 7) is 2.27. The minimum atomic E-state index is 0. The molecular formula is C15H23ClN2O2. The average Bonchev–Trinajstić information content (AvgIpc) is 2.87. The van der Waals surface area contributed by atoms with Gasteiger partial charge in [0, 0.05) is 31.8 Å². The maximum atomic E-state index is 12.5. The van der Waals surface area contributed by atoms with E-state index in [4.69, 9.17) is 4.74 Å². The van der Waals surface area contributed by atoms with E-state index in [1.54, 1.807) is 7.11 Å². The molecule has 1 aliphatic heterocycles. The monoisotopic (exact) mass is 298 g/mol. The second kappa shape index (κ2) is 8.25. The van der Waals surface area contributed by atoms with Crippen LogP contribution in [0.15, 0.2) is 24.3 Å². The van der Waals surface area contributed by atoms with Crippen LogP contribution in [0.5, 0.6) is 0 Å². The Bertz CT molecular complexity index is 440. The molecule has 0 saturated carbocycles. The number of nitrogens with zero attached hydrogens (tertiary/aromatic N) is 1. The lowest BCUT2D eigenvalue weighted by molar-refractivity contribution is 0.0736. The van der Waals surface area contributed by atoms with Gasteiger partial charge in [-0.25, -0.2) is 0 Å². The lowest BCUT2D eigenvalue weighted by Gasteiger charge is -2.24. The van der Waals surface area contributed by atoms with Gasteiger partial charge in [0.25, 0.3) is 5.91 Å². The van der Waals surface area contributed by atoms with E-state index in [1.165, 1.54) is 0 Å². The average molecular weight is 299 g/mol. The lowest BCUT2D eigenvalue weighted by atomic mass is 10.1. The zero-order chi connectivity index (χ0) is 13.7. The Kier molecular flexibility index (Phi) is 6.99. The van der Waals surface area contributed by atoms with E-state index in [9.17, 15) is 4.79 Å². The van der Waals surface area contributed by atoms with Crippen LogP contribution in [0.1, 0.15) is 28.8 Å². The number of likely N-dealkylation sites (tertiary alicyclic amines) is 1. The summed E-state index contributed by atoms with van der Waals surface area (Å²) in [5.74, 6) is 0.135. The molecule has 2 rings (SSSR count). The molecule has 1 heterocycles. The molecule has 1 N–H and O–H groups in total. The normalized spacial score (nSPS) is 17.9. The number of halogens is 1. The van der Waals surface area contributed by atoms with Crippen molar-refractivity contribution in [1.82, 2.24) is 10.2 Å². The van der Waals surface area contributed by atoms with Crippen molar-refractivity contribution in [1.29, 1.82) is 0 Å². The summed E-state index contributed by atoms with van der Waals surface area (Å²) in [7, 11) is 3.60. The molecule has 1 aromatic carbocycles. The topological polar surface area (TPSA) is 41.6 Å². The van der Waals surface area contributed by atoms with Crippen molar-refractivity contribution in [3.8, 4) is 0 Å². The summed E-state index contributed by atoms with van der Waals surface area (Å²) < 4.78 is 5.11. The quantitative estimate of drug-likeness (QED) is 0.905. The van der Waals surface area contributed by atoms with Crippen molar-refractivity contribution in [2.45, 2.75) is 25.5 Å². The van der Waals surface area contributed by atoms with Crippen LogP contribution in [-0.2, 0) is 11.3 Å². The summed E-state index contributed by atoms with van der Waals surface area (Å²) in [6.07, 6.45) is 2.18. The van der Waals surface area contributed by atoms with Crippen LogP contribution in [0.2, 0.25) is 0 Å². The molecule has 0 aromatic heterocycles. The number of ether oxygens (including phenoxy) is 1. The number of carbonyl (C=O) groups is 1. The van der Waals surface area contributed by atoms with Gasteiger partial charge >= 0.3 is 0 Å². The van der Waals surface area contributed by atoms with Crippen molar-refractivity contribution in [2.24, 2.45) is 0 Å². The second-order valence-corrected chi connectivity index (χ2v) is 4.99. The molecule has 112 valence electrons. The minimum Gasteiger partial charge on any atom is -0.380 e. The smallest absolute Gasteiger partial charge is 0.254 e. The van der Waals surface area contributed by atoms with Crippen LogP contribution < -0.4 is 5.32 Å². The maximum absolute atomic E-state index is 12.5. The maximum Gasteiger partial charge on any atom is 0.254 e. The summed E-state index contributed by atoms with van der Waals surface area (Å²) in [5.41, 5.74) is 1.80. The lowest BCUT2D eigenvalue weighted by Crippen LogP contribution is -2.40. The fraction of sp³-hybridized carbons (Fsp3) is 0.533. The molecule has 1 fully saturated rings. The van der Waals surface area contributed by atoms with Gasteiger partial charge in [0.15, 0.2) is 0 Å². The first-order valence-corrected chi connectivity index (χ1v) is 6.79. The highest BCUT2D eigenvalue weighted by atomic mass is 35.5. The molecule has 1 atom stereocenters. The molecule has 0 aliphatic carbocycles. The highest BCUT2D eigenvalue weighted by molar-refractivity contribution is 5.94. The third-order valence-corrected chi connectivity index (χ3v) is 3.56. The molecule has 0 radical (unpaired) electrons. The molecule has 0 bridgehead atoms. The van der Waals surface area contributed by atoms with Crippen LogP contribution in [0.4, 0.5) is 0 Å². The van der Waals surface area contributed by atoms with Crippen LogP contribution in [0, 0.1) is 0 Å². The predicted molar refractivity (Wildman–Crippen MR) is 82.4 cm³/mol. The molecule has 4 nitrogen and oxygen atoms in total. The van der Waals surface area contributed by atoms with Gasteiger partial charge in [0.2, 0.25) is 0 Å². The van der Waals surface area contributed by atoms with Gasteiger partial charge in [-0.15, -0.1) is 12.4 Å². The minimum absolute atomic E-state index is 0. The van der Waals surface area contributed by atoms with Gasteiger partial charge in [-0.2, -0.15) is 0 Å². The Balaban J connectivity index is 0.00000200. The molecule has 1 unspecified atom stereocenters. The van der Waals surface area contributed by atoms with Crippen molar-refractivity contribution in [2.75, 3.05) is 27.2 Å². The van der Waals surface area contributed by atoms with Gasteiger partial charge < -0.3 is 15.0 Å². The zero-order valence-corrected chi connectivity index (χ0v) is 12.9. The molecule has 1 amide bonds. The fourth-order valence-corrected chi connectivity index (χ4v) is 2.68. The Morgan fingerprint density at radius 2 is 2.30 bits per heavy atom. The largest absolute Gasteiger partial charge is 0.380 e. The first kappa shape index (κ1) is 17.0. The molecule has 1 aliphatic rings. The van der Waals surface area contributed by atoms with Crippen LogP contribution in [-0.4, -0.2) is 44.1 Å². The number of nitrogens with one attached hydrogen (secondary N) is 1. The highest BCUT2D eigenvalue weighted by Crippen LogP contribution is 2.20. The Labute approximate surface area is 126 Å². The molecular weight excluding hydrogens is 276 g/mol. The third-order valence-electron chi connectivity index (χ3n) is 3.56. The summed E-state index contributed by atoms with van der Waals surface area (Å²) in [6, 6.07) is 8.04. The SMILES string of the molecule is CNCC1CCCN1C(=O)c1cccc(COC)c1.Cl. The molecule has 0 spiro atoms. The first-order chi connectivity index (χ1) is 9.26. The molecule has 20 heavy (non-hydrogen) atoms. The number of amides is 1. The van der Waals surface area contributed by atoms with E-state index in [-0.39, 0.29) is 18.3 Å². The van der Waals surface area contributed by atoms with Crippen molar-refractivity contribution in [3.63, 3.8) is 0 Å². The predicted octanol–water partition coefficient (Wildman–Crippen LogP) is 2.08. The van der Waals surface area contributed by atoms with Crippen molar-refractivity contribution >= 4 is 18.3 Å². The van der Waals surface area contributed by atoms with Crippen LogP contribution in [0.3, 0.4) is 0 Å². The van der Waals surface area contributed by atoms with Gasteiger partial charge in [0.05, 0.1) is 6.61 Å². The van der Waals surface area contributed by atoms with Crippen LogP contribution in [0.25, 0.3) is 0 Å². The standard InChI is InChI=1S/C15H22N2O2.ClH/c1-16-10-14-7-4-8-17(14)15(18)13-6-3-5-12(9-13)11-19-2;/h3,5-6,9,14,16H,4,7-8,10-11H2,1-2H3;1H. The zero-order valence-electron chi connectivity index (χ0n) is 12.1. The Morgan fingerprint density at radius 1 is 1.50 bits per heavy atom. The van der Waals surface area contributed by atoms with Crippen molar-refractivity contribution in [3.05, 3.63) is 35.4 Å². The second-order valence-electron chi connectivity index (χ2n) is 4.99. The van der Waals surface area contributed by atoms with Gasteiger partial charge in [-0.1, -0.05) is 12.1 Å². The summed E-state index contributed by atoms with van der Waals surface area (Å²) in [4.78, 5) is 14.5. The number of benzene rings is 1. The number of hydrogen-bond donors (Lipinski definition) is 1. The van der Waals surface area contributed by atoms with Crippen molar-refractivity contribution < 1.29 is 9.53 Å². The van der Waals surface area contributed by atoms with E-state index in [2.05, 4.69) is 5.32 Å². The van der Waals surface area contributed by atoms with Gasteiger partial charge in [0.1, 0.15) is 0 Å². The Hall–Kier alpha value is -1.10. The number of carbonyl (C=O) groups excluding carboxylic acids is 1. The van der Waals surface area contributed by atoms with E-state index in [1.807, 2.05) is 36.2 Å². The molecule has 5 heteroatoms. The highest BCUT2D eigenvalue weighted by Gasteiger charge is 2.28. The van der Waals surface area contributed by atoms with E-state index in [0.717, 1.165) is 37.1 Å².